The molecule has 0 saturated heterocycles. The van der Waals surface area contributed by atoms with Gasteiger partial charge in [0.2, 0.25) is 0 Å². The number of nitrogens with zero attached hydrogens (tertiary/aromatic N) is 2. The number of anilines is 1. The van der Waals surface area contributed by atoms with Crippen molar-refractivity contribution in [2.75, 3.05) is 5.32 Å². The van der Waals surface area contributed by atoms with Crippen LogP contribution in [-0.2, 0) is 12.6 Å². The minimum atomic E-state index is -4.41. The predicted molar refractivity (Wildman–Crippen MR) is 97.9 cm³/mol. The Morgan fingerprint density at radius 3 is 2.70 bits per heavy atom. The van der Waals surface area contributed by atoms with Crippen LogP contribution in [-0.4, -0.2) is 16.6 Å². The van der Waals surface area contributed by atoms with E-state index in [2.05, 4.69) is 15.3 Å². The van der Waals surface area contributed by atoms with Gasteiger partial charge in [-0.05, 0) is 29.3 Å². The van der Waals surface area contributed by atoms with E-state index in [1.54, 1.807) is 29.1 Å². The van der Waals surface area contributed by atoms with Crippen molar-refractivity contribution in [2.45, 2.75) is 12.6 Å². The zero-order chi connectivity index (χ0) is 19.0. The molecule has 0 aliphatic carbocycles. The van der Waals surface area contributed by atoms with Gasteiger partial charge in [0, 0.05) is 11.8 Å². The predicted octanol–water partition coefficient (Wildman–Crippen LogP) is 5.09. The van der Waals surface area contributed by atoms with Crippen molar-refractivity contribution in [3.63, 3.8) is 0 Å². The van der Waals surface area contributed by atoms with Crippen molar-refractivity contribution in [3.8, 4) is 0 Å². The van der Waals surface area contributed by atoms with Gasteiger partial charge in [-0.3, -0.25) is 4.79 Å². The number of fused-ring (bicyclic) bond motifs is 1. The van der Waals surface area contributed by atoms with Crippen LogP contribution in [0.15, 0.2) is 58.3 Å². The Kier molecular flexibility index (Phi) is 4.27. The van der Waals surface area contributed by atoms with Gasteiger partial charge in [-0.2, -0.15) is 13.2 Å². The van der Waals surface area contributed by atoms with Crippen LogP contribution >= 0.6 is 11.3 Å². The van der Waals surface area contributed by atoms with E-state index in [9.17, 15) is 18.0 Å². The Labute approximate surface area is 156 Å². The Balaban J connectivity index is 1.65. The van der Waals surface area contributed by atoms with Gasteiger partial charge in [0.05, 0.1) is 28.2 Å². The molecule has 0 unspecified atom stereocenters. The smallest absolute Gasteiger partial charge is 0.319 e. The average molecular weight is 387 g/mol. The average Bonchev–Trinajstić information content (AvgIpc) is 3.31. The Hall–Kier alpha value is -3.00. The summed E-state index contributed by atoms with van der Waals surface area (Å²) >= 11 is 1.31. The van der Waals surface area contributed by atoms with Crippen LogP contribution in [0, 0.1) is 0 Å². The third-order valence-corrected chi connectivity index (χ3v) is 4.75. The summed E-state index contributed by atoms with van der Waals surface area (Å²) in [5.41, 5.74) is 4.02. The molecular weight excluding hydrogens is 375 g/mol. The molecule has 2 heterocycles. The monoisotopic (exact) mass is 387 g/mol. The van der Waals surface area contributed by atoms with E-state index in [0.717, 1.165) is 17.7 Å². The molecule has 136 valence electrons. The molecule has 0 atom stereocenters. The van der Waals surface area contributed by atoms with Gasteiger partial charge in [0.1, 0.15) is 5.69 Å². The van der Waals surface area contributed by atoms with Gasteiger partial charge < -0.3 is 5.32 Å². The summed E-state index contributed by atoms with van der Waals surface area (Å²) in [6.07, 6.45) is -4.01. The lowest BCUT2D eigenvalue weighted by molar-refractivity contribution is -0.137. The zero-order valence-electron chi connectivity index (χ0n) is 13.7. The SMILES string of the molecule is O=C(Nc1cccc2c1N=C(c1cccc(C(F)(F)F)c1)C2)c1cscn1. The van der Waals surface area contributed by atoms with E-state index in [-0.39, 0.29) is 5.91 Å². The number of rotatable bonds is 3. The fraction of sp³-hybridized carbons (Fsp3) is 0.105. The Morgan fingerprint density at radius 1 is 1.15 bits per heavy atom. The highest BCUT2D eigenvalue weighted by atomic mass is 32.1. The van der Waals surface area contributed by atoms with Crippen molar-refractivity contribution in [2.24, 2.45) is 4.99 Å². The topological polar surface area (TPSA) is 54.4 Å². The van der Waals surface area contributed by atoms with Crippen LogP contribution in [0.5, 0.6) is 0 Å². The summed E-state index contributed by atoms with van der Waals surface area (Å²) < 4.78 is 38.9. The number of hydrogen-bond acceptors (Lipinski definition) is 4. The first-order valence-electron chi connectivity index (χ1n) is 7.98. The number of amides is 1. The van der Waals surface area contributed by atoms with Crippen LogP contribution < -0.4 is 5.32 Å². The molecular formula is C19H12F3N3OS. The molecule has 1 amide bonds. The van der Waals surface area contributed by atoms with E-state index in [4.69, 9.17) is 0 Å². The number of carbonyl (C=O) groups excluding carboxylic acids is 1. The van der Waals surface area contributed by atoms with Crippen LogP contribution in [0.1, 0.15) is 27.2 Å². The first-order chi connectivity index (χ1) is 12.9. The minimum absolute atomic E-state index is 0.303. The summed E-state index contributed by atoms with van der Waals surface area (Å²) in [5, 5.41) is 4.41. The molecule has 1 aliphatic heterocycles. The maximum absolute atomic E-state index is 13.0. The van der Waals surface area contributed by atoms with Crippen molar-refractivity contribution in [1.82, 2.24) is 4.98 Å². The number of carbonyl (C=O) groups is 1. The van der Waals surface area contributed by atoms with Crippen molar-refractivity contribution < 1.29 is 18.0 Å². The van der Waals surface area contributed by atoms with E-state index in [1.165, 1.54) is 17.4 Å². The van der Waals surface area contributed by atoms with Crippen LogP contribution in [0.3, 0.4) is 0 Å². The van der Waals surface area contributed by atoms with E-state index >= 15 is 0 Å². The van der Waals surface area contributed by atoms with Gasteiger partial charge in [-0.25, -0.2) is 9.98 Å². The van der Waals surface area contributed by atoms with Crippen LogP contribution in [0.2, 0.25) is 0 Å². The van der Waals surface area contributed by atoms with Gasteiger partial charge in [-0.15, -0.1) is 11.3 Å². The number of halogens is 3. The molecule has 1 aromatic heterocycles. The largest absolute Gasteiger partial charge is 0.416 e. The van der Waals surface area contributed by atoms with E-state index in [1.807, 2.05) is 6.07 Å². The van der Waals surface area contributed by atoms with Crippen LogP contribution in [0.25, 0.3) is 0 Å². The minimum Gasteiger partial charge on any atom is -0.319 e. The van der Waals surface area contributed by atoms with Gasteiger partial charge in [0.25, 0.3) is 5.91 Å². The van der Waals surface area contributed by atoms with E-state index < -0.39 is 11.7 Å². The first-order valence-corrected chi connectivity index (χ1v) is 8.93. The fourth-order valence-corrected chi connectivity index (χ4v) is 3.41. The zero-order valence-corrected chi connectivity index (χ0v) is 14.6. The number of thiazole rings is 1. The molecule has 8 heteroatoms. The molecule has 0 radical (unpaired) electrons. The molecule has 3 aromatic rings. The normalized spacial score (nSPS) is 13.2. The Morgan fingerprint density at radius 2 is 1.96 bits per heavy atom. The van der Waals surface area contributed by atoms with Crippen LogP contribution in [0.4, 0.5) is 24.5 Å². The summed E-state index contributed by atoms with van der Waals surface area (Å²) in [6.45, 7) is 0. The van der Waals surface area contributed by atoms with Crippen molar-refractivity contribution in [1.29, 1.82) is 0 Å². The summed E-state index contributed by atoms with van der Waals surface area (Å²) in [5.74, 6) is -0.354. The molecule has 1 aliphatic rings. The summed E-state index contributed by atoms with van der Waals surface area (Å²) in [4.78, 5) is 20.7. The van der Waals surface area contributed by atoms with Gasteiger partial charge in [-0.1, -0.05) is 24.3 Å². The fourth-order valence-electron chi connectivity index (χ4n) is 2.87. The van der Waals surface area contributed by atoms with E-state index in [0.29, 0.717) is 34.8 Å². The number of para-hydroxylation sites is 1. The Bertz CT molecular complexity index is 1040. The molecule has 0 spiro atoms. The molecule has 4 rings (SSSR count). The van der Waals surface area contributed by atoms with Crippen molar-refractivity contribution in [3.05, 3.63) is 75.7 Å². The second kappa shape index (κ2) is 6.62. The number of aliphatic imine (C=N–C) groups is 1. The molecule has 27 heavy (non-hydrogen) atoms. The third kappa shape index (κ3) is 3.48. The molecule has 0 bridgehead atoms. The lowest BCUT2D eigenvalue weighted by atomic mass is 10.0. The van der Waals surface area contributed by atoms with Gasteiger partial charge in [0.15, 0.2) is 0 Å². The molecule has 2 aromatic carbocycles. The molecule has 1 N–H and O–H groups in total. The molecule has 4 nitrogen and oxygen atoms in total. The molecule has 0 fully saturated rings. The second-order valence-corrected chi connectivity index (χ2v) is 6.67. The molecule has 0 saturated carbocycles. The van der Waals surface area contributed by atoms with Gasteiger partial charge >= 0.3 is 6.18 Å². The number of nitrogens with one attached hydrogen (secondary N) is 1. The third-order valence-electron chi connectivity index (χ3n) is 4.16. The quantitative estimate of drug-likeness (QED) is 0.681. The summed E-state index contributed by atoms with van der Waals surface area (Å²) in [7, 11) is 0. The second-order valence-electron chi connectivity index (χ2n) is 5.95. The lowest BCUT2D eigenvalue weighted by Gasteiger charge is -2.08. The summed E-state index contributed by atoms with van der Waals surface area (Å²) in [6, 6.07) is 10.4. The highest BCUT2D eigenvalue weighted by Gasteiger charge is 2.31. The number of benzene rings is 2. The lowest BCUT2D eigenvalue weighted by Crippen LogP contribution is -2.12. The standard InChI is InChI=1S/C19H12F3N3OS/c20-19(21,22)13-5-1-3-11(7-13)15-8-12-4-2-6-14(17(12)24-15)25-18(26)16-9-27-10-23-16/h1-7,9-10H,8H2,(H,25,26). The number of hydrogen-bond donors (Lipinski definition) is 1. The number of alkyl halides is 3. The highest BCUT2D eigenvalue weighted by Crippen LogP contribution is 2.37. The van der Waals surface area contributed by atoms with Crippen molar-refractivity contribution >= 4 is 34.3 Å². The highest BCUT2D eigenvalue weighted by molar-refractivity contribution is 7.07. The number of aromatic nitrogens is 1. The first kappa shape index (κ1) is 17.4. The maximum atomic E-state index is 13.0. The maximum Gasteiger partial charge on any atom is 0.416 e.